The van der Waals surface area contributed by atoms with Crippen LogP contribution in [0.2, 0.25) is 0 Å². The van der Waals surface area contributed by atoms with Gasteiger partial charge in [0, 0.05) is 71.1 Å². The number of amides is 1. The van der Waals surface area contributed by atoms with Crippen LogP contribution in [0.15, 0.2) is 0 Å². The number of aliphatic hydroxyl groups is 2. The monoisotopic (exact) mass is 692 g/mol. The SMILES string of the molecule is CC(=O)O[C@H]1C[C@@]2(C)C(C[C@@H](O)C3[C@@]4(C)CC[C@@H](O)[C@@H](C)C4CC[C@@]32C)[C@@H]1[C@H](CCCC(C)C)C(=O)NCCNCCNCCNCCN. The fraction of sp³-hybridized carbons (Fsp3) is 0.949. The van der Waals surface area contributed by atoms with Gasteiger partial charge in [-0.3, -0.25) is 9.59 Å². The summed E-state index contributed by atoms with van der Waals surface area (Å²) in [6, 6.07) is 0. The first-order chi connectivity index (χ1) is 23.2. The molecule has 0 bridgehead atoms. The van der Waals surface area contributed by atoms with Crippen LogP contribution in [0.4, 0.5) is 0 Å². The van der Waals surface area contributed by atoms with Crippen molar-refractivity contribution in [2.75, 3.05) is 52.4 Å². The van der Waals surface area contributed by atoms with Crippen LogP contribution in [0.25, 0.3) is 0 Å². The van der Waals surface area contributed by atoms with Gasteiger partial charge in [-0.15, -0.1) is 0 Å². The van der Waals surface area contributed by atoms with Crippen LogP contribution in [0.1, 0.15) is 106 Å². The summed E-state index contributed by atoms with van der Waals surface area (Å²) in [4.78, 5) is 26.9. The van der Waals surface area contributed by atoms with Crippen molar-refractivity contribution < 1.29 is 24.5 Å². The van der Waals surface area contributed by atoms with Gasteiger partial charge in [-0.1, -0.05) is 54.4 Å². The van der Waals surface area contributed by atoms with E-state index in [4.69, 9.17) is 10.5 Å². The average molecular weight is 692 g/mol. The zero-order chi connectivity index (χ0) is 36.0. The Labute approximate surface area is 297 Å². The molecule has 4 aliphatic carbocycles. The molecule has 0 aromatic heterocycles. The zero-order valence-electron chi connectivity index (χ0n) is 32.0. The Hall–Kier alpha value is -1.30. The highest BCUT2D eigenvalue weighted by Crippen LogP contribution is 2.74. The topological polar surface area (TPSA) is 158 Å². The number of rotatable bonds is 18. The number of esters is 1. The minimum Gasteiger partial charge on any atom is -0.462 e. The van der Waals surface area contributed by atoms with Crippen LogP contribution in [0, 0.1) is 57.7 Å². The van der Waals surface area contributed by atoms with Gasteiger partial charge >= 0.3 is 5.97 Å². The third kappa shape index (κ3) is 8.68. The maximum Gasteiger partial charge on any atom is 0.302 e. The lowest BCUT2D eigenvalue weighted by Crippen LogP contribution is -2.66. The first-order valence-electron chi connectivity index (χ1n) is 19.8. The van der Waals surface area contributed by atoms with Crippen molar-refractivity contribution >= 4 is 11.9 Å². The smallest absolute Gasteiger partial charge is 0.302 e. The fourth-order valence-corrected chi connectivity index (χ4v) is 11.8. The summed E-state index contributed by atoms with van der Waals surface area (Å²) in [5.41, 5.74) is 5.08. The molecule has 0 aromatic carbocycles. The van der Waals surface area contributed by atoms with E-state index in [1.807, 2.05) is 0 Å². The molecular formula is C39H73N5O5. The Balaban J connectivity index is 1.51. The predicted octanol–water partition coefficient (Wildman–Crippen LogP) is 3.44. The van der Waals surface area contributed by atoms with Crippen molar-refractivity contribution in [3.05, 3.63) is 0 Å². The lowest BCUT2D eigenvalue weighted by molar-refractivity contribution is -0.239. The summed E-state index contributed by atoms with van der Waals surface area (Å²) < 4.78 is 6.21. The van der Waals surface area contributed by atoms with Crippen molar-refractivity contribution in [2.24, 2.45) is 63.4 Å². The van der Waals surface area contributed by atoms with E-state index in [0.29, 0.717) is 37.9 Å². The molecule has 0 saturated heterocycles. The molecule has 0 aliphatic heterocycles. The standard InChI is InChI=1S/C39H73N5O5/c1-25(2)9-8-10-28(36(48)44-22-21-43-20-19-42-18-17-41-16-15-40)34-30-23-32(47)35-37(5)13-12-31(46)26(3)29(37)11-14-38(35,6)39(30,7)24-33(34)49-27(4)45/h25-26,28-35,41-43,46-47H,8-24,40H2,1-7H3,(H,44,48)/t26-,28-,29?,30?,31+,32+,33-,34-,35?,37-,38-,39-/m0/s1. The summed E-state index contributed by atoms with van der Waals surface area (Å²) in [6.45, 7) is 21.5. The maximum atomic E-state index is 14.2. The maximum absolute atomic E-state index is 14.2. The second-order valence-electron chi connectivity index (χ2n) is 17.5. The van der Waals surface area contributed by atoms with Gasteiger partial charge in [-0.2, -0.15) is 0 Å². The number of hydrogen-bond donors (Lipinski definition) is 7. The highest BCUT2D eigenvalue weighted by atomic mass is 16.5. The van der Waals surface area contributed by atoms with Crippen LogP contribution in [-0.4, -0.2) is 92.8 Å². The van der Waals surface area contributed by atoms with E-state index in [-0.39, 0.29) is 69.9 Å². The van der Waals surface area contributed by atoms with E-state index in [1.165, 1.54) is 6.92 Å². The van der Waals surface area contributed by atoms with Gasteiger partial charge in [0.15, 0.2) is 0 Å². The van der Waals surface area contributed by atoms with E-state index in [0.717, 1.165) is 84.1 Å². The van der Waals surface area contributed by atoms with Crippen LogP contribution in [0.3, 0.4) is 0 Å². The lowest BCUT2D eigenvalue weighted by atomic mass is 9.36. The van der Waals surface area contributed by atoms with Crippen LogP contribution < -0.4 is 27.0 Å². The number of carbonyl (C=O) groups excluding carboxylic acids is 2. The number of ether oxygens (including phenoxy) is 1. The van der Waals surface area contributed by atoms with Gasteiger partial charge in [0.2, 0.25) is 5.91 Å². The van der Waals surface area contributed by atoms with Crippen molar-refractivity contribution in [1.82, 2.24) is 21.3 Å². The quantitative estimate of drug-likeness (QED) is 0.0845. The van der Waals surface area contributed by atoms with Crippen molar-refractivity contribution in [3.8, 4) is 0 Å². The molecule has 0 radical (unpaired) electrons. The molecule has 10 heteroatoms. The Morgan fingerprint density at radius 3 is 2.10 bits per heavy atom. The Morgan fingerprint density at radius 2 is 1.49 bits per heavy atom. The molecule has 0 spiro atoms. The summed E-state index contributed by atoms with van der Waals surface area (Å²) in [5, 5.41) is 36.5. The van der Waals surface area contributed by atoms with Crippen molar-refractivity contribution in [2.45, 2.75) is 125 Å². The van der Waals surface area contributed by atoms with Crippen LogP contribution in [-0.2, 0) is 14.3 Å². The third-order valence-electron chi connectivity index (χ3n) is 14.3. The summed E-state index contributed by atoms with van der Waals surface area (Å²) >= 11 is 0. The molecule has 4 rings (SSSR count). The highest BCUT2D eigenvalue weighted by molar-refractivity contribution is 5.79. The third-order valence-corrected chi connectivity index (χ3v) is 14.3. The van der Waals surface area contributed by atoms with Gasteiger partial charge in [-0.25, -0.2) is 0 Å². The number of aliphatic hydroxyl groups excluding tert-OH is 2. The van der Waals surface area contributed by atoms with E-state index < -0.39 is 6.10 Å². The Bertz CT molecular complexity index is 1080. The minimum atomic E-state index is -0.495. The Morgan fingerprint density at radius 1 is 0.857 bits per heavy atom. The number of nitrogens with two attached hydrogens (primary N) is 1. The second kappa shape index (κ2) is 17.5. The first kappa shape index (κ1) is 40.5. The summed E-state index contributed by atoms with van der Waals surface area (Å²) in [6.07, 6.45) is 6.68. The molecule has 8 N–H and O–H groups in total. The van der Waals surface area contributed by atoms with E-state index in [1.54, 1.807) is 0 Å². The van der Waals surface area contributed by atoms with Gasteiger partial charge in [0.1, 0.15) is 6.10 Å². The van der Waals surface area contributed by atoms with Crippen molar-refractivity contribution in [3.63, 3.8) is 0 Å². The molecule has 284 valence electrons. The molecule has 4 aliphatic rings. The summed E-state index contributed by atoms with van der Waals surface area (Å²) in [7, 11) is 0. The minimum absolute atomic E-state index is 0.0496. The second-order valence-corrected chi connectivity index (χ2v) is 17.5. The predicted molar refractivity (Wildman–Crippen MR) is 196 cm³/mol. The molecule has 12 atom stereocenters. The van der Waals surface area contributed by atoms with Crippen LogP contribution in [0.5, 0.6) is 0 Å². The normalized spacial score (nSPS) is 39.2. The molecular weight excluding hydrogens is 618 g/mol. The zero-order valence-corrected chi connectivity index (χ0v) is 32.0. The number of carbonyl (C=O) groups is 2. The molecule has 49 heavy (non-hydrogen) atoms. The molecule has 0 aromatic rings. The number of nitrogens with one attached hydrogen (secondary N) is 4. The first-order valence-corrected chi connectivity index (χ1v) is 19.8. The highest BCUT2D eigenvalue weighted by Gasteiger charge is 2.72. The number of hydrogen-bond acceptors (Lipinski definition) is 9. The van der Waals surface area contributed by atoms with Gasteiger partial charge in [0.25, 0.3) is 0 Å². The molecule has 4 fully saturated rings. The Kier molecular flexibility index (Phi) is 14.4. The van der Waals surface area contributed by atoms with Crippen LogP contribution >= 0.6 is 0 Å². The van der Waals surface area contributed by atoms with Gasteiger partial charge < -0.3 is 42.0 Å². The van der Waals surface area contributed by atoms with E-state index >= 15 is 0 Å². The van der Waals surface area contributed by atoms with Gasteiger partial charge in [-0.05, 0) is 90.8 Å². The largest absolute Gasteiger partial charge is 0.462 e. The molecule has 1 amide bonds. The molecule has 0 heterocycles. The summed E-state index contributed by atoms with van der Waals surface area (Å²) in [5.74, 6) is 0.629. The molecule has 4 saturated carbocycles. The van der Waals surface area contributed by atoms with Gasteiger partial charge in [0.05, 0.1) is 12.2 Å². The fourth-order valence-electron chi connectivity index (χ4n) is 11.8. The molecule has 10 nitrogen and oxygen atoms in total. The average Bonchev–Trinajstić information content (AvgIpc) is 3.30. The molecule has 3 unspecified atom stereocenters. The van der Waals surface area contributed by atoms with E-state index in [2.05, 4.69) is 62.8 Å². The lowest BCUT2D eigenvalue weighted by Gasteiger charge is -2.69. The van der Waals surface area contributed by atoms with Crippen molar-refractivity contribution in [1.29, 1.82) is 0 Å². The number of fused-ring (bicyclic) bond motifs is 5. The van der Waals surface area contributed by atoms with E-state index in [9.17, 15) is 19.8 Å².